The van der Waals surface area contributed by atoms with Gasteiger partial charge in [-0.3, -0.25) is 0 Å². The van der Waals surface area contributed by atoms with E-state index >= 15 is 0 Å². The minimum Gasteiger partial charge on any atom is -0.449 e. The zero-order valence-electron chi connectivity index (χ0n) is 17.0. The SMILES string of the molecule is CC1(C)OB(c2ccccc2CCOC(=O)NCc2ccccc2)OC1(C)C. The molecule has 0 spiro atoms. The van der Waals surface area contributed by atoms with Crippen molar-refractivity contribution in [3.63, 3.8) is 0 Å². The van der Waals surface area contributed by atoms with Crippen LogP contribution >= 0.6 is 0 Å². The van der Waals surface area contributed by atoms with Gasteiger partial charge in [0.15, 0.2) is 0 Å². The third kappa shape index (κ3) is 4.75. The second kappa shape index (κ2) is 8.37. The Morgan fingerprint density at radius 3 is 2.25 bits per heavy atom. The minimum absolute atomic E-state index is 0.289. The van der Waals surface area contributed by atoms with E-state index < -0.39 is 24.4 Å². The van der Waals surface area contributed by atoms with Crippen LogP contribution in [0.1, 0.15) is 38.8 Å². The van der Waals surface area contributed by atoms with Crippen molar-refractivity contribution < 1.29 is 18.8 Å². The molecular formula is C22H28BNO4. The van der Waals surface area contributed by atoms with Crippen LogP contribution in [0.3, 0.4) is 0 Å². The topological polar surface area (TPSA) is 56.8 Å². The highest BCUT2D eigenvalue weighted by Crippen LogP contribution is 2.36. The maximum atomic E-state index is 11.9. The van der Waals surface area contributed by atoms with Gasteiger partial charge in [0.05, 0.1) is 17.8 Å². The number of alkyl carbamates (subject to hydrolysis) is 1. The van der Waals surface area contributed by atoms with Crippen LogP contribution in [0, 0.1) is 0 Å². The van der Waals surface area contributed by atoms with Crippen LogP contribution in [0.25, 0.3) is 0 Å². The van der Waals surface area contributed by atoms with Crippen LogP contribution in [0.5, 0.6) is 0 Å². The molecule has 1 fully saturated rings. The van der Waals surface area contributed by atoms with E-state index in [0.29, 0.717) is 13.0 Å². The molecule has 2 aromatic carbocycles. The van der Waals surface area contributed by atoms with Crippen molar-refractivity contribution in [2.45, 2.75) is 51.9 Å². The second-order valence-corrected chi connectivity index (χ2v) is 8.01. The predicted molar refractivity (Wildman–Crippen MR) is 110 cm³/mol. The van der Waals surface area contributed by atoms with E-state index in [1.54, 1.807) is 0 Å². The van der Waals surface area contributed by atoms with E-state index in [2.05, 4.69) is 5.32 Å². The number of hydrogen-bond donors (Lipinski definition) is 1. The Morgan fingerprint density at radius 2 is 1.57 bits per heavy atom. The van der Waals surface area contributed by atoms with Crippen molar-refractivity contribution in [2.24, 2.45) is 0 Å². The summed E-state index contributed by atoms with van der Waals surface area (Å²) >= 11 is 0. The molecular weight excluding hydrogens is 353 g/mol. The van der Waals surface area contributed by atoms with Gasteiger partial charge in [0.25, 0.3) is 0 Å². The molecule has 0 saturated carbocycles. The first-order valence-electron chi connectivity index (χ1n) is 9.66. The zero-order valence-corrected chi connectivity index (χ0v) is 17.0. The average Bonchev–Trinajstić information content (AvgIpc) is 2.88. The van der Waals surface area contributed by atoms with Gasteiger partial charge in [-0.05, 0) is 44.3 Å². The summed E-state index contributed by atoms with van der Waals surface area (Å²) < 4.78 is 17.7. The highest BCUT2D eigenvalue weighted by molar-refractivity contribution is 6.62. The molecule has 1 saturated heterocycles. The van der Waals surface area contributed by atoms with Crippen LogP contribution in [0.2, 0.25) is 0 Å². The summed E-state index contributed by atoms with van der Waals surface area (Å²) in [5, 5.41) is 2.77. The van der Waals surface area contributed by atoms with Crippen molar-refractivity contribution in [3.05, 3.63) is 65.7 Å². The number of carbonyl (C=O) groups excluding carboxylic acids is 1. The Bertz CT molecular complexity index is 791. The van der Waals surface area contributed by atoms with Crippen molar-refractivity contribution in [3.8, 4) is 0 Å². The molecule has 0 unspecified atom stereocenters. The van der Waals surface area contributed by atoms with Gasteiger partial charge in [-0.2, -0.15) is 0 Å². The lowest BCUT2D eigenvalue weighted by Crippen LogP contribution is -2.41. The summed E-state index contributed by atoms with van der Waals surface area (Å²) in [7, 11) is -0.423. The summed E-state index contributed by atoms with van der Waals surface area (Å²) in [6.07, 6.45) is 0.177. The van der Waals surface area contributed by atoms with E-state index in [9.17, 15) is 4.79 Å². The molecule has 2 aromatic rings. The zero-order chi connectivity index (χ0) is 20.2. The average molecular weight is 381 g/mol. The fourth-order valence-corrected chi connectivity index (χ4v) is 3.04. The maximum absolute atomic E-state index is 11.9. The van der Waals surface area contributed by atoms with E-state index in [1.165, 1.54) is 0 Å². The molecule has 5 nitrogen and oxygen atoms in total. The molecule has 0 atom stereocenters. The lowest BCUT2D eigenvalue weighted by Gasteiger charge is -2.32. The lowest BCUT2D eigenvalue weighted by molar-refractivity contribution is 0.00578. The first-order chi connectivity index (χ1) is 13.3. The van der Waals surface area contributed by atoms with Gasteiger partial charge >= 0.3 is 13.2 Å². The lowest BCUT2D eigenvalue weighted by atomic mass is 9.75. The van der Waals surface area contributed by atoms with Crippen molar-refractivity contribution in [1.82, 2.24) is 5.32 Å². The molecule has 28 heavy (non-hydrogen) atoms. The van der Waals surface area contributed by atoms with Crippen LogP contribution in [-0.4, -0.2) is 31.0 Å². The minimum atomic E-state index is -0.423. The molecule has 0 aliphatic carbocycles. The van der Waals surface area contributed by atoms with Gasteiger partial charge < -0.3 is 19.4 Å². The number of nitrogens with one attached hydrogen (secondary N) is 1. The van der Waals surface area contributed by atoms with Gasteiger partial charge in [-0.25, -0.2) is 4.79 Å². The maximum Gasteiger partial charge on any atom is 0.495 e. The van der Waals surface area contributed by atoms with Crippen molar-refractivity contribution in [1.29, 1.82) is 0 Å². The largest absolute Gasteiger partial charge is 0.495 e. The first-order valence-corrected chi connectivity index (χ1v) is 9.66. The van der Waals surface area contributed by atoms with Crippen molar-refractivity contribution >= 4 is 18.7 Å². The third-order valence-corrected chi connectivity index (χ3v) is 5.45. The molecule has 1 N–H and O–H groups in total. The molecule has 0 aromatic heterocycles. The Hall–Kier alpha value is -2.31. The van der Waals surface area contributed by atoms with Crippen LogP contribution in [0.15, 0.2) is 54.6 Å². The molecule has 148 valence electrons. The van der Waals surface area contributed by atoms with Crippen LogP contribution in [0.4, 0.5) is 4.79 Å². The number of amides is 1. The van der Waals surface area contributed by atoms with E-state index in [1.807, 2.05) is 82.3 Å². The number of carbonyl (C=O) groups is 1. The fraction of sp³-hybridized carbons (Fsp3) is 0.409. The van der Waals surface area contributed by atoms with Crippen molar-refractivity contribution in [2.75, 3.05) is 6.61 Å². The molecule has 6 heteroatoms. The number of hydrogen-bond acceptors (Lipinski definition) is 4. The Labute approximate surface area is 167 Å². The molecule has 1 aliphatic rings. The molecule has 1 amide bonds. The van der Waals surface area contributed by atoms with Gasteiger partial charge in [0, 0.05) is 13.0 Å². The summed E-state index contributed by atoms with van der Waals surface area (Å²) in [5.74, 6) is 0. The van der Waals surface area contributed by atoms with Gasteiger partial charge in [0.2, 0.25) is 0 Å². The molecule has 1 heterocycles. The Kier molecular flexibility index (Phi) is 6.11. The molecule has 3 rings (SSSR count). The standard InChI is InChI=1S/C22H28BNO4/c1-21(2)22(3,4)28-23(27-21)19-13-9-8-12-18(19)14-15-26-20(25)24-16-17-10-6-5-7-11-17/h5-13H,14-16H2,1-4H3,(H,24,25). The van der Waals surface area contributed by atoms with Gasteiger partial charge in [0.1, 0.15) is 0 Å². The fourth-order valence-electron chi connectivity index (χ4n) is 3.04. The summed E-state index contributed by atoms with van der Waals surface area (Å²) in [6.45, 7) is 8.89. The van der Waals surface area contributed by atoms with E-state index in [-0.39, 0.29) is 6.61 Å². The molecule has 0 bridgehead atoms. The number of benzene rings is 2. The third-order valence-electron chi connectivity index (χ3n) is 5.45. The van der Waals surface area contributed by atoms with Crippen LogP contribution in [-0.2, 0) is 27.0 Å². The predicted octanol–water partition coefficient (Wildman–Crippen LogP) is 3.45. The van der Waals surface area contributed by atoms with Gasteiger partial charge in [-0.15, -0.1) is 0 Å². The van der Waals surface area contributed by atoms with Crippen LogP contribution < -0.4 is 10.8 Å². The van der Waals surface area contributed by atoms with E-state index in [4.69, 9.17) is 14.0 Å². The Balaban J connectivity index is 1.54. The monoisotopic (exact) mass is 381 g/mol. The normalized spacial score (nSPS) is 17.4. The molecule has 1 aliphatic heterocycles. The quantitative estimate of drug-likeness (QED) is 0.779. The smallest absolute Gasteiger partial charge is 0.449 e. The Morgan fingerprint density at radius 1 is 0.964 bits per heavy atom. The van der Waals surface area contributed by atoms with E-state index in [0.717, 1.165) is 16.6 Å². The molecule has 0 radical (unpaired) electrons. The second-order valence-electron chi connectivity index (χ2n) is 8.01. The number of rotatable bonds is 6. The number of ether oxygens (including phenoxy) is 1. The summed E-state index contributed by atoms with van der Waals surface area (Å²) in [6, 6.07) is 17.7. The highest BCUT2D eigenvalue weighted by atomic mass is 16.7. The summed E-state index contributed by atoms with van der Waals surface area (Å²) in [4.78, 5) is 11.9. The first kappa shape index (κ1) is 20.4. The van der Waals surface area contributed by atoms with Gasteiger partial charge in [-0.1, -0.05) is 54.6 Å². The highest BCUT2D eigenvalue weighted by Gasteiger charge is 2.52. The summed E-state index contributed by atoms with van der Waals surface area (Å²) in [5.41, 5.74) is 2.29.